The standard InChI is InChI=1S/C17H28N2O/c1-5-10-14-11-8-9-12-16(14)18-13(4)17(20)19-15(6-2)7-3/h8-9,11-13,15,18H,5-7,10H2,1-4H3,(H,19,20). The summed E-state index contributed by atoms with van der Waals surface area (Å²) < 4.78 is 0. The zero-order valence-corrected chi connectivity index (χ0v) is 13.2. The van der Waals surface area contributed by atoms with Gasteiger partial charge in [0.15, 0.2) is 0 Å². The van der Waals surface area contributed by atoms with Crippen molar-refractivity contribution in [2.75, 3.05) is 5.32 Å². The Morgan fingerprint density at radius 2 is 1.80 bits per heavy atom. The van der Waals surface area contributed by atoms with E-state index in [9.17, 15) is 4.79 Å². The Morgan fingerprint density at radius 1 is 1.15 bits per heavy atom. The fourth-order valence-electron chi connectivity index (χ4n) is 2.27. The van der Waals surface area contributed by atoms with E-state index in [1.54, 1.807) is 0 Å². The highest BCUT2D eigenvalue weighted by Gasteiger charge is 2.16. The summed E-state index contributed by atoms with van der Waals surface area (Å²) in [5, 5.41) is 6.42. The first-order chi connectivity index (χ1) is 9.62. The summed E-state index contributed by atoms with van der Waals surface area (Å²) in [6.07, 6.45) is 4.08. The van der Waals surface area contributed by atoms with E-state index in [2.05, 4.69) is 37.5 Å². The van der Waals surface area contributed by atoms with E-state index < -0.39 is 0 Å². The van der Waals surface area contributed by atoms with Crippen LogP contribution < -0.4 is 10.6 Å². The van der Waals surface area contributed by atoms with Crippen molar-refractivity contribution in [3.8, 4) is 0 Å². The van der Waals surface area contributed by atoms with Crippen LogP contribution in [0.5, 0.6) is 0 Å². The van der Waals surface area contributed by atoms with Crippen LogP contribution in [0.2, 0.25) is 0 Å². The van der Waals surface area contributed by atoms with Gasteiger partial charge in [-0.1, -0.05) is 45.4 Å². The Morgan fingerprint density at radius 3 is 2.40 bits per heavy atom. The topological polar surface area (TPSA) is 41.1 Å². The van der Waals surface area contributed by atoms with Gasteiger partial charge in [0.2, 0.25) is 5.91 Å². The second-order valence-electron chi connectivity index (χ2n) is 5.30. The van der Waals surface area contributed by atoms with Crippen LogP contribution >= 0.6 is 0 Å². The number of hydrogen-bond donors (Lipinski definition) is 2. The largest absolute Gasteiger partial charge is 0.374 e. The number of nitrogens with one attached hydrogen (secondary N) is 2. The van der Waals surface area contributed by atoms with Crippen molar-refractivity contribution in [2.24, 2.45) is 0 Å². The lowest BCUT2D eigenvalue weighted by Gasteiger charge is -2.21. The van der Waals surface area contributed by atoms with E-state index in [-0.39, 0.29) is 18.0 Å². The second kappa shape index (κ2) is 8.62. The van der Waals surface area contributed by atoms with Gasteiger partial charge in [-0.05, 0) is 37.8 Å². The van der Waals surface area contributed by atoms with Gasteiger partial charge in [0.25, 0.3) is 0 Å². The van der Waals surface area contributed by atoms with Crippen molar-refractivity contribution in [3.05, 3.63) is 29.8 Å². The van der Waals surface area contributed by atoms with E-state index in [0.29, 0.717) is 0 Å². The quantitative estimate of drug-likeness (QED) is 0.759. The zero-order valence-electron chi connectivity index (χ0n) is 13.2. The van der Waals surface area contributed by atoms with E-state index in [0.717, 1.165) is 31.4 Å². The second-order valence-corrected chi connectivity index (χ2v) is 5.30. The van der Waals surface area contributed by atoms with Crippen molar-refractivity contribution in [2.45, 2.75) is 65.5 Å². The van der Waals surface area contributed by atoms with Crippen molar-refractivity contribution in [3.63, 3.8) is 0 Å². The highest BCUT2D eigenvalue weighted by Crippen LogP contribution is 2.17. The maximum atomic E-state index is 12.2. The molecule has 0 spiro atoms. The molecule has 0 aliphatic heterocycles. The van der Waals surface area contributed by atoms with Crippen LogP contribution in [0.4, 0.5) is 5.69 Å². The molecular formula is C17H28N2O. The van der Waals surface area contributed by atoms with Crippen LogP contribution in [0.25, 0.3) is 0 Å². The molecule has 1 unspecified atom stereocenters. The van der Waals surface area contributed by atoms with E-state index in [4.69, 9.17) is 0 Å². The number of benzene rings is 1. The minimum Gasteiger partial charge on any atom is -0.374 e. The summed E-state index contributed by atoms with van der Waals surface area (Å²) in [5.74, 6) is 0.0741. The smallest absolute Gasteiger partial charge is 0.242 e. The fraction of sp³-hybridized carbons (Fsp3) is 0.588. The van der Waals surface area contributed by atoms with Gasteiger partial charge in [0.1, 0.15) is 6.04 Å². The molecule has 1 atom stereocenters. The monoisotopic (exact) mass is 276 g/mol. The van der Waals surface area contributed by atoms with Crippen LogP contribution in [0.3, 0.4) is 0 Å². The first kappa shape index (κ1) is 16.5. The van der Waals surface area contributed by atoms with Crippen LogP contribution in [-0.2, 0) is 11.2 Å². The molecule has 0 saturated carbocycles. The molecule has 0 aromatic heterocycles. The third kappa shape index (κ3) is 4.87. The van der Waals surface area contributed by atoms with Crippen molar-refractivity contribution in [1.29, 1.82) is 0 Å². The molecule has 20 heavy (non-hydrogen) atoms. The zero-order chi connectivity index (χ0) is 15.0. The summed E-state index contributed by atoms with van der Waals surface area (Å²) in [6, 6.07) is 8.28. The summed E-state index contributed by atoms with van der Waals surface area (Å²) in [6.45, 7) is 8.28. The number of hydrogen-bond acceptors (Lipinski definition) is 2. The SMILES string of the molecule is CCCc1ccccc1NC(C)C(=O)NC(CC)CC. The highest BCUT2D eigenvalue weighted by atomic mass is 16.2. The van der Waals surface area contributed by atoms with Gasteiger partial charge in [-0.15, -0.1) is 0 Å². The molecule has 1 rings (SSSR count). The van der Waals surface area contributed by atoms with Crippen LogP contribution in [0.15, 0.2) is 24.3 Å². The predicted octanol–water partition coefficient (Wildman–Crippen LogP) is 3.74. The Kier molecular flexibility index (Phi) is 7.13. The molecule has 0 aliphatic carbocycles. The molecule has 2 N–H and O–H groups in total. The first-order valence-electron chi connectivity index (χ1n) is 7.77. The maximum absolute atomic E-state index is 12.2. The molecule has 1 aromatic carbocycles. The number of carbonyl (C=O) groups excluding carboxylic acids is 1. The van der Waals surface area contributed by atoms with Crippen molar-refractivity contribution >= 4 is 11.6 Å². The normalized spacial score (nSPS) is 12.2. The van der Waals surface area contributed by atoms with Gasteiger partial charge in [0, 0.05) is 11.7 Å². The summed E-state index contributed by atoms with van der Waals surface area (Å²) in [5.41, 5.74) is 2.35. The molecule has 112 valence electrons. The van der Waals surface area contributed by atoms with Crippen LogP contribution in [-0.4, -0.2) is 18.0 Å². The highest BCUT2D eigenvalue weighted by molar-refractivity contribution is 5.84. The van der Waals surface area contributed by atoms with Crippen molar-refractivity contribution < 1.29 is 4.79 Å². The lowest BCUT2D eigenvalue weighted by Crippen LogP contribution is -2.42. The van der Waals surface area contributed by atoms with Crippen LogP contribution in [0.1, 0.15) is 52.5 Å². The molecule has 0 radical (unpaired) electrons. The molecule has 1 amide bonds. The molecule has 0 fully saturated rings. The third-order valence-corrected chi connectivity index (χ3v) is 3.63. The molecule has 0 bridgehead atoms. The molecule has 0 saturated heterocycles. The molecule has 0 heterocycles. The van der Waals surface area contributed by atoms with Crippen LogP contribution in [0, 0.1) is 0 Å². The molecule has 3 heteroatoms. The Bertz CT molecular complexity index is 413. The van der Waals surface area contributed by atoms with Gasteiger partial charge in [-0.2, -0.15) is 0 Å². The van der Waals surface area contributed by atoms with Gasteiger partial charge >= 0.3 is 0 Å². The van der Waals surface area contributed by atoms with E-state index in [1.807, 2.05) is 25.1 Å². The molecule has 1 aromatic rings. The lowest BCUT2D eigenvalue weighted by molar-refractivity contribution is -0.122. The summed E-state index contributed by atoms with van der Waals surface area (Å²) in [7, 11) is 0. The number of aryl methyl sites for hydroxylation is 1. The third-order valence-electron chi connectivity index (χ3n) is 3.63. The minimum absolute atomic E-state index is 0.0741. The summed E-state index contributed by atoms with van der Waals surface area (Å²) >= 11 is 0. The minimum atomic E-state index is -0.214. The Labute approximate surface area is 123 Å². The van der Waals surface area contributed by atoms with Gasteiger partial charge < -0.3 is 10.6 Å². The van der Waals surface area contributed by atoms with E-state index >= 15 is 0 Å². The number of amides is 1. The number of anilines is 1. The average molecular weight is 276 g/mol. The number of para-hydroxylation sites is 1. The fourth-order valence-corrected chi connectivity index (χ4v) is 2.27. The lowest BCUT2D eigenvalue weighted by atomic mass is 10.1. The number of rotatable bonds is 8. The Hall–Kier alpha value is -1.51. The first-order valence-corrected chi connectivity index (χ1v) is 7.77. The van der Waals surface area contributed by atoms with E-state index in [1.165, 1.54) is 5.56 Å². The molecular weight excluding hydrogens is 248 g/mol. The van der Waals surface area contributed by atoms with Gasteiger partial charge in [0.05, 0.1) is 0 Å². The molecule has 3 nitrogen and oxygen atoms in total. The predicted molar refractivity (Wildman–Crippen MR) is 86.0 cm³/mol. The average Bonchev–Trinajstić information content (AvgIpc) is 2.46. The maximum Gasteiger partial charge on any atom is 0.242 e. The van der Waals surface area contributed by atoms with Crippen molar-refractivity contribution in [1.82, 2.24) is 5.32 Å². The van der Waals surface area contributed by atoms with Gasteiger partial charge in [-0.25, -0.2) is 0 Å². The molecule has 0 aliphatic rings. The Balaban J connectivity index is 2.65. The number of carbonyl (C=O) groups is 1. The summed E-state index contributed by atoms with van der Waals surface area (Å²) in [4.78, 5) is 12.2. The van der Waals surface area contributed by atoms with Gasteiger partial charge in [-0.3, -0.25) is 4.79 Å².